The molecule has 15 nitrogen and oxygen atoms in total. The highest BCUT2D eigenvalue weighted by Gasteiger charge is 2.32. The largest absolute Gasteiger partial charge is 0.480 e. The lowest BCUT2D eigenvalue weighted by molar-refractivity contribution is -0.142. The molecule has 230 valence electrons. The minimum atomic E-state index is -1.30. The van der Waals surface area contributed by atoms with Gasteiger partial charge in [0.15, 0.2) is 5.96 Å². The van der Waals surface area contributed by atoms with Crippen molar-refractivity contribution in [2.24, 2.45) is 33.8 Å². The minimum Gasteiger partial charge on any atom is -0.480 e. The number of aliphatic imine (C=N–C) groups is 1. The molecular formula is C27H41N9O6. The molecule has 0 saturated carbocycles. The second-order valence-corrected chi connectivity index (χ2v) is 10.3. The van der Waals surface area contributed by atoms with Crippen LogP contribution in [0.15, 0.2) is 35.5 Å². The normalized spacial score (nSPS) is 13.9. The zero-order chi connectivity index (χ0) is 31.4. The number of aromatic amines is 1. The first-order valence-electron chi connectivity index (χ1n) is 13.6. The standard InChI is InChI=1S/C27H41N9O6/c1-14(2)22(36-23(38)17(28)12-15-13-33-18-7-4-3-6-16(15)18)25(40)34-19(9-10-21(29)37)24(39)35-20(26(41)42)8-5-11-32-27(30)31/h3-4,6-7,13-14,17,19-20,22,33H,5,8-12,28H2,1-2H3,(H2,29,37)(H,34,40)(H,35,39)(H,36,38)(H,41,42)(H4,30,31,32). The van der Waals surface area contributed by atoms with Gasteiger partial charge in [-0.3, -0.25) is 24.2 Å². The molecule has 0 spiro atoms. The van der Waals surface area contributed by atoms with Gasteiger partial charge in [0.2, 0.25) is 23.6 Å². The van der Waals surface area contributed by atoms with Gasteiger partial charge in [0.05, 0.1) is 6.04 Å². The third-order valence-corrected chi connectivity index (χ3v) is 6.57. The Morgan fingerprint density at radius 1 is 0.929 bits per heavy atom. The van der Waals surface area contributed by atoms with Crippen LogP contribution in [0.3, 0.4) is 0 Å². The number of H-pyrrole nitrogens is 1. The number of hydrogen-bond acceptors (Lipinski definition) is 7. The molecule has 1 aromatic heterocycles. The van der Waals surface area contributed by atoms with Gasteiger partial charge in [-0.2, -0.15) is 0 Å². The molecule has 15 heteroatoms. The summed E-state index contributed by atoms with van der Waals surface area (Å²) in [5.74, 6) is -4.68. The second kappa shape index (κ2) is 16.0. The van der Waals surface area contributed by atoms with Crippen molar-refractivity contribution in [3.8, 4) is 0 Å². The molecule has 13 N–H and O–H groups in total. The van der Waals surface area contributed by atoms with E-state index < -0.39 is 59.7 Å². The summed E-state index contributed by atoms with van der Waals surface area (Å²) in [5, 5.41) is 18.0. The summed E-state index contributed by atoms with van der Waals surface area (Å²) in [6.45, 7) is 3.55. The quantitative estimate of drug-likeness (QED) is 0.0594. The van der Waals surface area contributed by atoms with Crippen LogP contribution in [0, 0.1) is 5.92 Å². The first-order valence-corrected chi connectivity index (χ1v) is 13.6. The molecule has 0 bridgehead atoms. The predicted molar refractivity (Wildman–Crippen MR) is 157 cm³/mol. The molecule has 0 fully saturated rings. The van der Waals surface area contributed by atoms with E-state index in [9.17, 15) is 29.1 Å². The van der Waals surface area contributed by atoms with Crippen LogP contribution < -0.4 is 38.9 Å². The first kappa shape index (κ1) is 33.5. The zero-order valence-corrected chi connectivity index (χ0v) is 23.8. The van der Waals surface area contributed by atoms with Gasteiger partial charge in [0, 0.05) is 30.1 Å². The molecule has 42 heavy (non-hydrogen) atoms. The third-order valence-electron chi connectivity index (χ3n) is 6.57. The highest BCUT2D eigenvalue weighted by atomic mass is 16.4. The number of carbonyl (C=O) groups is 5. The first-order chi connectivity index (χ1) is 19.8. The van der Waals surface area contributed by atoms with Crippen LogP contribution in [0.1, 0.15) is 45.1 Å². The van der Waals surface area contributed by atoms with E-state index >= 15 is 0 Å². The van der Waals surface area contributed by atoms with E-state index in [4.69, 9.17) is 22.9 Å². The highest BCUT2D eigenvalue weighted by Crippen LogP contribution is 2.19. The van der Waals surface area contributed by atoms with Gasteiger partial charge in [0.25, 0.3) is 0 Å². The number of rotatable bonds is 17. The van der Waals surface area contributed by atoms with E-state index in [0.29, 0.717) is 0 Å². The SMILES string of the molecule is CC(C)C(NC(=O)C(N)Cc1c[nH]c2ccccc12)C(=O)NC(CCC(N)=O)C(=O)NC(CCCN=C(N)N)C(=O)O. The zero-order valence-electron chi connectivity index (χ0n) is 23.8. The van der Waals surface area contributed by atoms with Crippen LogP contribution in [0.4, 0.5) is 0 Å². The Morgan fingerprint density at radius 3 is 2.21 bits per heavy atom. The lowest BCUT2D eigenvalue weighted by atomic mass is 10.00. The minimum absolute atomic E-state index is 0.00728. The van der Waals surface area contributed by atoms with Crippen LogP contribution in [0.5, 0.6) is 0 Å². The lowest BCUT2D eigenvalue weighted by Gasteiger charge is -2.27. The number of aliphatic carboxylic acids is 1. The fourth-order valence-electron chi connectivity index (χ4n) is 4.28. The number of fused-ring (bicyclic) bond motifs is 1. The van der Waals surface area contributed by atoms with Gasteiger partial charge in [-0.25, -0.2) is 4.79 Å². The number of guanidine groups is 1. The van der Waals surface area contributed by atoms with Gasteiger partial charge < -0.3 is 49.0 Å². The Bertz CT molecular complexity index is 1290. The van der Waals surface area contributed by atoms with E-state index in [-0.39, 0.29) is 44.6 Å². The summed E-state index contributed by atoms with van der Waals surface area (Å²) in [6.07, 6.45) is 1.81. The van der Waals surface area contributed by atoms with E-state index in [1.54, 1.807) is 20.0 Å². The maximum absolute atomic E-state index is 13.3. The molecule has 0 aliphatic carbocycles. The molecule has 0 aliphatic heterocycles. The van der Waals surface area contributed by atoms with Crippen LogP contribution in [-0.4, -0.2) is 76.4 Å². The molecule has 1 heterocycles. The summed E-state index contributed by atoms with van der Waals surface area (Å²) in [5.41, 5.74) is 23.7. The number of carbonyl (C=O) groups excluding carboxylic acids is 4. The smallest absolute Gasteiger partial charge is 0.326 e. The third kappa shape index (κ3) is 10.4. The number of amides is 4. The number of carboxylic acid groups (broad SMARTS) is 1. The number of nitrogens with two attached hydrogens (primary N) is 4. The van der Waals surface area contributed by atoms with Crippen molar-refractivity contribution in [2.75, 3.05) is 6.54 Å². The number of nitrogens with zero attached hydrogens (tertiary/aromatic N) is 1. The number of aromatic nitrogens is 1. The van der Waals surface area contributed by atoms with Gasteiger partial charge in [0.1, 0.15) is 18.1 Å². The molecule has 4 unspecified atom stereocenters. The molecule has 0 aliphatic rings. The van der Waals surface area contributed by atoms with E-state index in [2.05, 4.69) is 25.9 Å². The van der Waals surface area contributed by atoms with Crippen molar-refractivity contribution < 1.29 is 29.1 Å². The van der Waals surface area contributed by atoms with Gasteiger partial charge in [-0.1, -0.05) is 32.0 Å². The van der Waals surface area contributed by atoms with E-state index in [0.717, 1.165) is 16.5 Å². The monoisotopic (exact) mass is 587 g/mol. The van der Waals surface area contributed by atoms with Gasteiger partial charge in [-0.05, 0) is 43.2 Å². The molecule has 1 aromatic carbocycles. The number of carboxylic acids is 1. The van der Waals surface area contributed by atoms with Crippen molar-refractivity contribution >= 4 is 46.5 Å². The van der Waals surface area contributed by atoms with Crippen LogP contribution >= 0.6 is 0 Å². The molecule has 2 rings (SSSR count). The average molecular weight is 588 g/mol. The fourth-order valence-corrected chi connectivity index (χ4v) is 4.28. The van der Waals surface area contributed by atoms with E-state index in [1.807, 2.05) is 24.3 Å². The summed E-state index contributed by atoms with van der Waals surface area (Å²) >= 11 is 0. The fraction of sp³-hybridized carbons (Fsp3) is 0.481. The Kier molecular flexibility index (Phi) is 12.7. The lowest BCUT2D eigenvalue weighted by Crippen LogP contribution is -2.58. The summed E-state index contributed by atoms with van der Waals surface area (Å²) in [6, 6.07) is 2.92. The van der Waals surface area contributed by atoms with Crippen LogP contribution in [0.25, 0.3) is 10.9 Å². The molecule has 4 amide bonds. The molecule has 0 radical (unpaired) electrons. The topological polar surface area (TPSA) is 274 Å². The number of nitrogens with one attached hydrogen (secondary N) is 4. The summed E-state index contributed by atoms with van der Waals surface area (Å²) in [7, 11) is 0. The number of hydrogen-bond donors (Lipinski definition) is 9. The van der Waals surface area contributed by atoms with Crippen LogP contribution in [0.2, 0.25) is 0 Å². The van der Waals surface area contributed by atoms with Crippen molar-refractivity contribution in [1.82, 2.24) is 20.9 Å². The number of primary amides is 1. The maximum atomic E-state index is 13.3. The number of benzene rings is 1. The molecule has 4 atom stereocenters. The van der Waals surface area contributed by atoms with Crippen molar-refractivity contribution in [3.63, 3.8) is 0 Å². The van der Waals surface area contributed by atoms with Crippen LogP contribution in [-0.2, 0) is 30.4 Å². The van der Waals surface area contributed by atoms with Gasteiger partial charge in [-0.15, -0.1) is 0 Å². The maximum Gasteiger partial charge on any atom is 0.326 e. The van der Waals surface area contributed by atoms with Gasteiger partial charge >= 0.3 is 5.97 Å². The van der Waals surface area contributed by atoms with Crippen molar-refractivity contribution in [3.05, 3.63) is 36.0 Å². The molecule has 0 saturated heterocycles. The summed E-state index contributed by atoms with van der Waals surface area (Å²) in [4.78, 5) is 69.3. The Balaban J connectivity index is 2.09. The average Bonchev–Trinajstić information content (AvgIpc) is 3.32. The highest BCUT2D eigenvalue weighted by molar-refractivity contribution is 5.94. The van der Waals surface area contributed by atoms with Crippen molar-refractivity contribution in [2.45, 2.75) is 70.1 Å². The number of para-hydroxylation sites is 1. The predicted octanol–water partition coefficient (Wildman–Crippen LogP) is -1.45. The van der Waals surface area contributed by atoms with Crippen molar-refractivity contribution in [1.29, 1.82) is 0 Å². The molecule has 2 aromatic rings. The Hall–Kier alpha value is -4.66. The Labute approximate surface area is 243 Å². The second-order valence-electron chi connectivity index (χ2n) is 10.3. The Morgan fingerprint density at radius 2 is 1.60 bits per heavy atom. The molecular weight excluding hydrogens is 546 g/mol. The van der Waals surface area contributed by atoms with E-state index in [1.165, 1.54) is 0 Å². The summed E-state index contributed by atoms with van der Waals surface area (Å²) < 4.78 is 0.